The van der Waals surface area contributed by atoms with Crippen LogP contribution >= 0.6 is 11.8 Å². The summed E-state index contributed by atoms with van der Waals surface area (Å²) in [4.78, 5) is 3.67. The van der Waals surface area contributed by atoms with Crippen LogP contribution in [-0.2, 0) is 6.54 Å². The van der Waals surface area contributed by atoms with E-state index in [4.69, 9.17) is 9.15 Å². The van der Waals surface area contributed by atoms with E-state index in [-0.39, 0.29) is 5.60 Å². The maximum Gasteiger partial charge on any atom is 0.134 e. The molecule has 0 N–H and O–H groups in total. The largest absolute Gasteiger partial charge is 0.486 e. The molecular formula is C21H23NO2S. The Kier molecular flexibility index (Phi) is 4.48. The Morgan fingerprint density at radius 2 is 1.96 bits per heavy atom. The summed E-state index contributed by atoms with van der Waals surface area (Å²) in [6.45, 7) is 4.97. The van der Waals surface area contributed by atoms with Crippen molar-refractivity contribution in [2.45, 2.75) is 30.4 Å². The molecule has 0 saturated carbocycles. The summed E-state index contributed by atoms with van der Waals surface area (Å²) in [6, 6.07) is 18.7. The number of fused-ring (bicyclic) bond motifs is 1. The Labute approximate surface area is 153 Å². The lowest BCUT2D eigenvalue weighted by Gasteiger charge is -2.26. The Hall–Kier alpha value is -1.91. The third kappa shape index (κ3) is 3.70. The second-order valence-electron chi connectivity index (χ2n) is 6.94. The first-order chi connectivity index (χ1) is 12.1. The Bertz CT molecular complexity index is 825. The van der Waals surface area contributed by atoms with Crippen molar-refractivity contribution in [2.24, 2.45) is 0 Å². The van der Waals surface area contributed by atoms with Gasteiger partial charge in [-0.25, -0.2) is 0 Å². The highest BCUT2D eigenvalue weighted by Gasteiger charge is 2.36. The quantitative estimate of drug-likeness (QED) is 0.589. The summed E-state index contributed by atoms with van der Waals surface area (Å²) in [5.41, 5.74) is 0.817. The average Bonchev–Trinajstić information content (AvgIpc) is 3.18. The van der Waals surface area contributed by atoms with Gasteiger partial charge in [0, 0.05) is 29.8 Å². The van der Waals surface area contributed by atoms with E-state index in [9.17, 15) is 0 Å². The van der Waals surface area contributed by atoms with Crippen molar-refractivity contribution in [1.82, 2.24) is 4.90 Å². The van der Waals surface area contributed by atoms with Crippen LogP contribution in [0.2, 0.25) is 0 Å². The Morgan fingerprint density at radius 3 is 2.72 bits per heavy atom. The first-order valence-corrected chi connectivity index (χ1v) is 9.89. The minimum absolute atomic E-state index is 0.146. The van der Waals surface area contributed by atoms with E-state index >= 15 is 0 Å². The van der Waals surface area contributed by atoms with Gasteiger partial charge in [0.15, 0.2) is 0 Å². The molecule has 1 aliphatic rings. The maximum atomic E-state index is 6.31. The number of benzene rings is 2. The number of nitrogens with zero attached hydrogens (tertiary/aromatic N) is 1. The third-order valence-electron chi connectivity index (χ3n) is 4.79. The van der Waals surface area contributed by atoms with E-state index in [1.165, 1.54) is 10.3 Å². The summed E-state index contributed by atoms with van der Waals surface area (Å²) >= 11 is 1.75. The van der Waals surface area contributed by atoms with Gasteiger partial charge in [-0.2, -0.15) is 0 Å². The van der Waals surface area contributed by atoms with Crippen molar-refractivity contribution in [2.75, 3.05) is 19.3 Å². The van der Waals surface area contributed by atoms with Gasteiger partial charge in [0.2, 0.25) is 0 Å². The van der Waals surface area contributed by atoms with Gasteiger partial charge in [0.1, 0.15) is 22.7 Å². The summed E-state index contributed by atoms with van der Waals surface area (Å²) in [6.07, 6.45) is 3.11. The Morgan fingerprint density at radius 1 is 1.16 bits per heavy atom. The topological polar surface area (TPSA) is 25.6 Å². The van der Waals surface area contributed by atoms with Gasteiger partial charge in [-0.05, 0) is 49.6 Å². The minimum atomic E-state index is -0.146. The first kappa shape index (κ1) is 16.6. The van der Waals surface area contributed by atoms with Crippen LogP contribution in [0.5, 0.6) is 5.75 Å². The number of para-hydroxylation sites is 1. The molecule has 25 heavy (non-hydrogen) atoms. The molecular weight excluding hydrogens is 330 g/mol. The zero-order valence-corrected chi connectivity index (χ0v) is 15.5. The summed E-state index contributed by atoms with van der Waals surface area (Å²) < 4.78 is 12.3. The fourth-order valence-electron chi connectivity index (χ4n) is 3.51. The van der Waals surface area contributed by atoms with E-state index < -0.39 is 0 Å². The average molecular weight is 353 g/mol. The summed E-state index contributed by atoms with van der Waals surface area (Å²) in [7, 11) is 0. The zero-order valence-electron chi connectivity index (χ0n) is 14.7. The molecule has 1 unspecified atom stereocenters. The SMILES string of the molecule is CSc1ccc(OC2(C)CCN(Cc3cc4ccccc4o3)C2)cc1. The molecule has 130 valence electrons. The van der Waals surface area contributed by atoms with Crippen molar-refractivity contribution < 1.29 is 9.15 Å². The third-order valence-corrected chi connectivity index (χ3v) is 5.54. The molecule has 4 rings (SSSR count). The molecule has 2 aromatic carbocycles. The molecule has 1 fully saturated rings. The van der Waals surface area contributed by atoms with Crippen LogP contribution in [0, 0.1) is 0 Å². The van der Waals surface area contributed by atoms with Gasteiger partial charge in [0.25, 0.3) is 0 Å². The highest BCUT2D eigenvalue weighted by molar-refractivity contribution is 7.98. The van der Waals surface area contributed by atoms with Gasteiger partial charge in [-0.1, -0.05) is 18.2 Å². The van der Waals surface area contributed by atoms with Crippen LogP contribution in [0.4, 0.5) is 0 Å². The highest BCUT2D eigenvalue weighted by Crippen LogP contribution is 2.30. The zero-order chi connectivity index (χ0) is 17.3. The van der Waals surface area contributed by atoms with Crippen LogP contribution in [0.25, 0.3) is 11.0 Å². The molecule has 3 nitrogen and oxygen atoms in total. The van der Waals surface area contributed by atoms with Crippen LogP contribution in [0.15, 0.2) is 63.9 Å². The molecule has 0 spiro atoms. The highest BCUT2D eigenvalue weighted by atomic mass is 32.2. The lowest BCUT2D eigenvalue weighted by Crippen LogP contribution is -2.35. The first-order valence-electron chi connectivity index (χ1n) is 8.66. The maximum absolute atomic E-state index is 6.31. The van der Waals surface area contributed by atoms with Crippen LogP contribution < -0.4 is 4.74 Å². The number of hydrogen-bond donors (Lipinski definition) is 0. The van der Waals surface area contributed by atoms with E-state index in [0.717, 1.165) is 43.1 Å². The monoisotopic (exact) mass is 353 g/mol. The molecule has 1 atom stereocenters. The fraction of sp³-hybridized carbons (Fsp3) is 0.333. The van der Waals surface area contributed by atoms with E-state index in [2.05, 4.69) is 54.5 Å². The molecule has 4 heteroatoms. The smallest absolute Gasteiger partial charge is 0.134 e. The Balaban J connectivity index is 1.40. The lowest BCUT2D eigenvalue weighted by atomic mass is 10.1. The number of thioether (sulfide) groups is 1. The van der Waals surface area contributed by atoms with E-state index in [0.29, 0.717) is 0 Å². The molecule has 3 aromatic rings. The standard InChI is InChI=1S/C21H23NO2S/c1-21(24-17-7-9-19(25-2)10-8-17)11-12-22(15-21)14-18-13-16-5-3-4-6-20(16)23-18/h3-10,13H,11-12,14-15H2,1-2H3. The molecule has 0 amide bonds. The van der Waals surface area contributed by atoms with Gasteiger partial charge in [-0.3, -0.25) is 4.90 Å². The predicted octanol–water partition coefficient (Wildman–Crippen LogP) is 5.20. The van der Waals surface area contributed by atoms with Crippen molar-refractivity contribution in [3.05, 3.63) is 60.4 Å². The molecule has 2 heterocycles. The normalized spacial score (nSPS) is 21.0. The van der Waals surface area contributed by atoms with Gasteiger partial charge in [-0.15, -0.1) is 11.8 Å². The van der Waals surface area contributed by atoms with Crippen molar-refractivity contribution in [1.29, 1.82) is 0 Å². The second kappa shape index (κ2) is 6.77. The molecule has 1 saturated heterocycles. The minimum Gasteiger partial charge on any atom is -0.486 e. The summed E-state index contributed by atoms with van der Waals surface area (Å²) in [5, 5.41) is 1.17. The van der Waals surface area contributed by atoms with Crippen molar-refractivity contribution >= 4 is 22.7 Å². The van der Waals surface area contributed by atoms with Crippen molar-refractivity contribution in [3.63, 3.8) is 0 Å². The predicted molar refractivity (Wildman–Crippen MR) is 103 cm³/mol. The number of likely N-dealkylation sites (tertiary alicyclic amines) is 1. The van der Waals surface area contributed by atoms with E-state index in [1.54, 1.807) is 11.8 Å². The summed E-state index contributed by atoms with van der Waals surface area (Å²) in [5.74, 6) is 1.97. The van der Waals surface area contributed by atoms with Gasteiger partial charge < -0.3 is 9.15 Å². The van der Waals surface area contributed by atoms with E-state index in [1.807, 2.05) is 18.2 Å². The molecule has 1 aliphatic heterocycles. The second-order valence-corrected chi connectivity index (χ2v) is 7.82. The lowest BCUT2D eigenvalue weighted by molar-refractivity contribution is 0.0940. The molecule has 0 radical (unpaired) electrons. The molecule has 0 bridgehead atoms. The number of furan rings is 1. The van der Waals surface area contributed by atoms with Gasteiger partial charge >= 0.3 is 0 Å². The van der Waals surface area contributed by atoms with Crippen LogP contribution in [0.1, 0.15) is 19.1 Å². The number of ether oxygens (including phenoxy) is 1. The van der Waals surface area contributed by atoms with Gasteiger partial charge in [0.05, 0.1) is 6.54 Å². The number of hydrogen-bond acceptors (Lipinski definition) is 4. The van der Waals surface area contributed by atoms with Crippen molar-refractivity contribution in [3.8, 4) is 5.75 Å². The molecule has 0 aliphatic carbocycles. The molecule has 1 aromatic heterocycles. The fourth-order valence-corrected chi connectivity index (χ4v) is 3.92. The van der Waals surface area contributed by atoms with Crippen LogP contribution in [-0.4, -0.2) is 29.8 Å². The van der Waals surface area contributed by atoms with Crippen LogP contribution in [0.3, 0.4) is 0 Å². The number of rotatable bonds is 5.